The first-order valence-corrected chi connectivity index (χ1v) is 7.54. The molecule has 110 valence electrons. The highest BCUT2D eigenvalue weighted by molar-refractivity contribution is 8.00. The molecule has 2 aromatic rings. The molecule has 1 aromatic carbocycles. The average Bonchev–Trinajstić information content (AvgIpc) is 3.11. The fourth-order valence-corrected chi connectivity index (χ4v) is 2.78. The molecule has 0 amide bonds. The van der Waals surface area contributed by atoms with Crippen molar-refractivity contribution in [1.29, 1.82) is 0 Å². The maximum atomic E-state index is 11.4. The highest BCUT2D eigenvalue weighted by Gasteiger charge is 2.29. The number of carbonyl (C=O) groups is 1. The Morgan fingerprint density at radius 1 is 1.33 bits per heavy atom. The average molecular weight is 306 g/mol. The van der Waals surface area contributed by atoms with Gasteiger partial charge in [0.15, 0.2) is 0 Å². The van der Waals surface area contributed by atoms with Crippen LogP contribution in [-0.2, 0) is 9.53 Å². The van der Waals surface area contributed by atoms with Crippen molar-refractivity contribution in [3.63, 3.8) is 0 Å². The van der Waals surface area contributed by atoms with E-state index in [-0.39, 0.29) is 11.2 Å². The third kappa shape index (κ3) is 3.18. The lowest BCUT2D eigenvalue weighted by Crippen LogP contribution is -2.09. The summed E-state index contributed by atoms with van der Waals surface area (Å²) in [5.74, 6) is 0.997. The lowest BCUT2D eigenvalue weighted by molar-refractivity contribution is -0.137. The number of carbonyl (C=O) groups excluding carboxylic acids is 1. The van der Waals surface area contributed by atoms with Crippen molar-refractivity contribution >= 4 is 17.7 Å². The predicted molar refractivity (Wildman–Crippen MR) is 76.1 cm³/mol. The van der Waals surface area contributed by atoms with Crippen molar-refractivity contribution in [1.82, 2.24) is 10.2 Å². The van der Waals surface area contributed by atoms with Crippen LogP contribution in [0.2, 0.25) is 0 Å². The maximum absolute atomic E-state index is 11.4. The number of rotatable bonds is 5. The molecular formula is C14H14N2O4S. The summed E-state index contributed by atoms with van der Waals surface area (Å²) in [7, 11) is 0. The van der Waals surface area contributed by atoms with Gasteiger partial charge in [0.05, 0.1) is 13.2 Å². The fraction of sp³-hybridized carbons (Fsp3) is 0.357. The van der Waals surface area contributed by atoms with Gasteiger partial charge in [-0.2, -0.15) is 0 Å². The first-order valence-electron chi connectivity index (χ1n) is 6.66. The van der Waals surface area contributed by atoms with Gasteiger partial charge in [0.25, 0.3) is 5.22 Å². The van der Waals surface area contributed by atoms with Crippen LogP contribution in [0.1, 0.15) is 13.3 Å². The highest BCUT2D eigenvalue weighted by Crippen LogP contribution is 2.30. The first-order chi connectivity index (χ1) is 10.3. The van der Waals surface area contributed by atoms with Crippen LogP contribution in [0, 0.1) is 0 Å². The molecule has 0 aliphatic carbocycles. The lowest BCUT2D eigenvalue weighted by Gasteiger charge is -2.02. The smallest absolute Gasteiger partial charge is 0.319 e. The van der Waals surface area contributed by atoms with E-state index in [4.69, 9.17) is 13.9 Å². The molecule has 6 nitrogen and oxygen atoms in total. The second-order valence-corrected chi connectivity index (χ2v) is 5.55. The van der Waals surface area contributed by atoms with E-state index in [0.29, 0.717) is 30.7 Å². The van der Waals surface area contributed by atoms with Crippen LogP contribution in [0.4, 0.5) is 0 Å². The topological polar surface area (TPSA) is 74.5 Å². The number of hydrogen-bond donors (Lipinski definition) is 0. The summed E-state index contributed by atoms with van der Waals surface area (Å²) in [5.41, 5.74) is 0.812. The molecule has 1 saturated heterocycles. The molecule has 1 fully saturated rings. The summed E-state index contributed by atoms with van der Waals surface area (Å²) >= 11 is 1.25. The number of ether oxygens (including phenoxy) is 2. The van der Waals surface area contributed by atoms with Gasteiger partial charge in [0.1, 0.15) is 11.0 Å². The number of thioether (sulfide) groups is 1. The van der Waals surface area contributed by atoms with E-state index in [1.165, 1.54) is 11.8 Å². The quantitative estimate of drug-likeness (QED) is 0.786. The van der Waals surface area contributed by atoms with Gasteiger partial charge in [-0.25, -0.2) is 0 Å². The van der Waals surface area contributed by atoms with Gasteiger partial charge in [0.2, 0.25) is 5.89 Å². The zero-order valence-electron chi connectivity index (χ0n) is 11.4. The molecule has 1 aliphatic rings. The number of cyclic esters (lactones) is 1. The Labute approximate surface area is 125 Å². The third-order valence-corrected chi connectivity index (χ3v) is 4.03. The van der Waals surface area contributed by atoms with Gasteiger partial charge in [-0.3, -0.25) is 4.79 Å². The molecule has 0 saturated carbocycles. The number of benzene rings is 1. The molecule has 7 heteroatoms. The SMILES string of the molecule is CCOc1ccc(-c2nnc(S[C@@H]3CCOC3=O)o2)cc1. The predicted octanol–water partition coefficient (Wildman–Crippen LogP) is 2.54. The highest BCUT2D eigenvalue weighted by atomic mass is 32.2. The van der Waals surface area contributed by atoms with Crippen molar-refractivity contribution in [3.05, 3.63) is 24.3 Å². The number of hydrogen-bond acceptors (Lipinski definition) is 7. The van der Waals surface area contributed by atoms with Crippen LogP contribution in [-0.4, -0.2) is 34.6 Å². The van der Waals surface area contributed by atoms with Crippen molar-refractivity contribution in [2.45, 2.75) is 23.8 Å². The lowest BCUT2D eigenvalue weighted by atomic mass is 10.2. The van der Waals surface area contributed by atoms with Gasteiger partial charge in [-0.05, 0) is 43.0 Å². The van der Waals surface area contributed by atoms with E-state index in [9.17, 15) is 4.79 Å². The zero-order valence-corrected chi connectivity index (χ0v) is 12.3. The van der Waals surface area contributed by atoms with Crippen LogP contribution in [0.15, 0.2) is 33.9 Å². The molecule has 3 rings (SSSR count). The van der Waals surface area contributed by atoms with Crippen LogP contribution in [0.5, 0.6) is 5.75 Å². The summed E-state index contributed by atoms with van der Waals surface area (Å²) in [5, 5.41) is 8.08. The van der Waals surface area contributed by atoms with E-state index >= 15 is 0 Å². The Balaban J connectivity index is 1.70. The van der Waals surface area contributed by atoms with E-state index < -0.39 is 0 Å². The second-order valence-electron chi connectivity index (χ2n) is 4.39. The molecule has 0 N–H and O–H groups in total. The van der Waals surface area contributed by atoms with E-state index in [2.05, 4.69) is 10.2 Å². The standard InChI is InChI=1S/C14H14N2O4S/c1-2-18-10-5-3-9(4-6-10)12-15-16-14(20-12)21-11-7-8-19-13(11)17/h3-6,11H,2,7-8H2,1H3/t11-/m1/s1. The van der Waals surface area contributed by atoms with E-state index in [1.54, 1.807) is 0 Å². The minimum atomic E-state index is -0.251. The molecule has 0 bridgehead atoms. The summed E-state index contributed by atoms with van der Waals surface area (Å²) in [6.45, 7) is 3.01. The molecule has 2 heterocycles. The Morgan fingerprint density at radius 2 is 2.14 bits per heavy atom. The number of esters is 1. The Morgan fingerprint density at radius 3 is 2.81 bits per heavy atom. The monoisotopic (exact) mass is 306 g/mol. The molecule has 21 heavy (non-hydrogen) atoms. The summed E-state index contributed by atoms with van der Waals surface area (Å²) in [6.07, 6.45) is 0.671. The minimum absolute atomic E-state index is 0.221. The normalized spacial score (nSPS) is 17.8. The number of nitrogens with zero attached hydrogens (tertiary/aromatic N) is 2. The van der Waals surface area contributed by atoms with Crippen molar-refractivity contribution in [2.24, 2.45) is 0 Å². The minimum Gasteiger partial charge on any atom is -0.494 e. The second kappa shape index (κ2) is 6.17. The Bertz CT molecular complexity index is 626. The van der Waals surface area contributed by atoms with Gasteiger partial charge < -0.3 is 13.9 Å². The van der Waals surface area contributed by atoms with Crippen molar-refractivity contribution < 1.29 is 18.7 Å². The Hall–Kier alpha value is -2.02. The van der Waals surface area contributed by atoms with Crippen LogP contribution in [0.3, 0.4) is 0 Å². The van der Waals surface area contributed by atoms with Crippen molar-refractivity contribution in [3.8, 4) is 17.2 Å². The zero-order chi connectivity index (χ0) is 14.7. The molecule has 0 unspecified atom stereocenters. The van der Waals surface area contributed by atoms with Gasteiger partial charge in [0, 0.05) is 12.0 Å². The molecule has 0 radical (unpaired) electrons. The largest absolute Gasteiger partial charge is 0.494 e. The molecule has 1 atom stereocenters. The van der Waals surface area contributed by atoms with Crippen LogP contribution >= 0.6 is 11.8 Å². The molecule has 0 spiro atoms. The maximum Gasteiger partial charge on any atom is 0.319 e. The Kier molecular flexibility index (Phi) is 4.10. The molecule has 1 aliphatic heterocycles. The van der Waals surface area contributed by atoms with Crippen LogP contribution < -0.4 is 4.74 Å². The van der Waals surface area contributed by atoms with Gasteiger partial charge >= 0.3 is 5.97 Å². The summed E-state index contributed by atoms with van der Waals surface area (Å²) in [6, 6.07) is 7.42. The number of aromatic nitrogens is 2. The van der Waals surface area contributed by atoms with Gasteiger partial charge in [-0.15, -0.1) is 10.2 Å². The van der Waals surface area contributed by atoms with E-state index in [0.717, 1.165) is 11.3 Å². The third-order valence-electron chi connectivity index (χ3n) is 2.95. The molecule has 1 aromatic heterocycles. The fourth-order valence-electron chi connectivity index (χ4n) is 1.94. The molecular weight excluding hydrogens is 292 g/mol. The van der Waals surface area contributed by atoms with Gasteiger partial charge in [-0.1, -0.05) is 0 Å². The van der Waals surface area contributed by atoms with Crippen LogP contribution in [0.25, 0.3) is 11.5 Å². The van der Waals surface area contributed by atoms with E-state index in [1.807, 2.05) is 31.2 Å². The van der Waals surface area contributed by atoms with Crippen molar-refractivity contribution in [2.75, 3.05) is 13.2 Å². The summed E-state index contributed by atoms with van der Waals surface area (Å²) in [4.78, 5) is 11.4. The first kappa shape index (κ1) is 13.9. The summed E-state index contributed by atoms with van der Waals surface area (Å²) < 4.78 is 15.9.